The number of fused-ring (bicyclic) bond motifs is 1. The molecule has 0 saturated carbocycles. The summed E-state index contributed by atoms with van der Waals surface area (Å²) >= 11 is 0. The molecule has 6 rings (SSSR count). The fraction of sp³-hybridized carbons (Fsp3) is 0.611. The van der Waals surface area contributed by atoms with Crippen molar-refractivity contribution >= 4 is 16.8 Å². The maximum absolute atomic E-state index is 14.6. The van der Waals surface area contributed by atoms with Crippen molar-refractivity contribution < 1.29 is 19.4 Å². The number of nitrogens with zero attached hydrogens (tertiary/aromatic N) is 5. The van der Waals surface area contributed by atoms with Crippen molar-refractivity contribution in [2.24, 2.45) is 11.8 Å². The van der Waals surface area contributed by atoms with Gasteiger partial charge in [-0.3, -0.25) is 14.7 Å². The predicted molar refractivity (Wildman–Crippen MR) is 175 cm³/mol. The van der Waals surface area contributed by atoms with Crippen molar-refractivity contribution in [1.29, 1.82) is 0 Å². The number of aliphatic hydroxyl groups is 2. The molecule has 45 heavy (non-hydrogen) atoms. The highest BCUT2D eigenvalue weighted by atomic mass is 19.1. The van der Waals surface area contributed by atoms with Gasteiger partial charge in [0.05, 0.1) is 28.6 Å². The molecule has 3 aliphatic heterocycles. The number of piperidine rings is 1. The van der Waals surface area contributed by atoms with Gasteiger partial charge in [0.1, 0.15) is 12.0 Å². The molecule has 3 fully saturated rings. The van der Waals surface area contributed by atoms with Crippen LogP contribution in [0.3, 0.4) is 0 Å². The Kier molecular flexibility index (Phi) is 9.09. The van der Waals surface area contributed by atoms with E-state index in [4.69, 9.17) is 0 Å². The lowest BCUT2D eigenvalue weighted by atomic mass is 9.94. The van der Waals surface area contributed by atoms with E-state index in [1.807, 2.05) is 22.2 Å². The summed E-state index contributed by atoms with van der Waals surface area (Å²) in [5.41, 5.74) is 3.28. The quantitative estimate of drug-likeness (QED) is 0.363. The van der Waals surface area contributed by atoms with Crippen LogP contribution in [0.25, 0.3) is 16.6 Å². The van der Waals surface area contributed by atoms with E-state index in [1.165, 1.54) is 23.1 Å². The van der Waals surface area contributed by atoms with Crippen molar-refractivity contribution in [2.75, 3.05) is 32.7 Å². The molecule has 8 nitrogen and oxygen atoms in total. The van der Waals surface area contributed by atoms with Crippen LogP contribution in [0.2, 0.25) is 0 Å². The van der Waals surface area contributed by atoms with E-state index in [0.29, 0.717) is 23.1 Å². The lowest BCUT2D eigenvalue weighted by Crippen LogP contribution is -2.52. The van der Waals surface area contributed by atoms with Crippen molar-refractivity contribution in [3.8, 4) is 5.69 Å². The molecular weight excluding hydrogens is 569 g/mol. The fourth-order valence-corrected chi connectivity index (χ4v) is 8.17. The second-order valence-electron chi connectivity index (χ2n) is 14.6. The number of aryl methyl sites for hydroxylation is 1. The maximum Gasteiger partial charge on any atom is 0.256 e. The molecule has 2 N–H and O–H groups in total. The highest BCUT2D eigenvalue weighted by Gasteiger charge is 2.35. The van der Waals surface area contributed by atoms with Crippen LogP contribution in [-0.4, -0.2) is 97.0 Å². The molecule has 2 aromatic heterocycles. The summed E-state index contributed by atoms with van der Waals surface area (Å²) in [7, 11) is 0. The summed E-state index contributed by atoms with van der Waals surface area (Å²) in [6, 6.07) is 4.84. The van der Waals surface area contributed by atoms with Gasteiger partial charge < -0.3 is 24.6 Å². The number of aromatic nitrogens is 2. The molecule has 1 aromatic carbocycles. The number of aliphatic hydroxyl groups excluding tert-OH is 1. The molecule has 1 unspecified atom stereocenters. The van der Waals surface area contributed by atoms with Gasteiger partial charge in [-0.25, -0.2) is 4.39 Å². The number of carbonyl (C=O) groups is 1. The van der Waals surface area contributed by atoms with Crippen LogP contribution in [0.1, 0.15) is 81.3 Å². The fourth-order valence-electron chi connectivity index (χ4n) is 8.17. The highest BCUT2D eigenvalue weighted by Crippen LogP contribution is 2.34. The van der Waals surface area contributed by atoms with Crippen molar-refractivity contribution in [3.63, 3.8) is 0 Å². The highest BCUT2D eigenvalue weighted by molar-refractivity contribution is 5.99. The first-order valence-corrected chi connectivity index (χ1v) is 16.8. The zero-order chi connectivity index (χ0) is 32.0. The number of amides is 1. The molecule has 244 valence electrons. The van der Waals surface area contributed by atoms with Gasteiger partial charge >= 0.3 is 0 Å². The van der Waals surface area contributed by atoms with Crippen molar-refractivity contribution in [1.82, 2.24) is 24.3 Å². The van der Waals surface area contributed by atoms with Gasteiger partial charge in [-0.2, -0.15) is 0 Å². The van der Waals surface area contributed by atoms with E-state index in [9.17, 15) is 19.4 Å². The molecule has 1 amide bonds. The van der Waals surface area contributed by atoms with E-state index >= 15 is 0 Å². The van der Waals surface area contributed by atoms with Gasteiger partial charge in [0.15, 0.2) is 0 Å². The van der Waals surface area contributed by atoms with E-state index in [-0.39, 0.29) is 18.0 Å². The first-order chi connectivity index (χ1) is 21.4. The summed E-state index contributed by atoms with van der Waals surface area (Å²) in [6.07, 6.45) is 11.2. The average Bonchev–Trinajstić information content (AvgIpc) is 3.70. The third-order valence-corrected chi connectivity index (χ3v) is 10.6. The second kappa shape index (κ2) is 12.7. The van der Waals surface area contributed by atoms with E-state index < -0.39 is 17.6 Å². The molecule has 3 aromatic rings. The van der Waals surface area contributed by atoms with Gasteiger partial charge in [0.25, 0.3) is 5.91 Å². The van der Waals surface area contributed by atoms with E-state index in [0.717, 1.165) is 82.3 Å². The van der Waals surface area contributed by atoms with Crippen LogP contribution in [0.15, 0.2) is 36.8 Å². The lowest BCUT2D eigenvalue weighted by Gasteiger charge is -2.40. The second-order valence-corrected chi connectivity index (χ2v) is 14.6. The summed E-state index contributed by atoms with van der Waals surface area (Å²) in [5, 5.41) is 21.9. The van der Waals surface area contributed by atoms with Gasteiger partial charge in [-0.05, 0) is 121 Å². The zero-order valence-corrected chi connectivity index (χ0v) is 27.5. The molecule has 0 bridgehead atoms. The topological polar surface area (TPSA) is 85.1 Å². The Morgan fingerprint density at radius 2 is 1.73 bits per heavy atom. The van der Waals surface area contributed by atoms with Crippen LogP contribution in [0.4, 0.5) is 4.39 Å². The molecule has 0 radical (unpaired) electrons. The Bertz CT molecular complexity index is 1510. The first-order valence-electron chi connectivity index (χ1n) is 16.8. The number of carbonyl (C=O) groups excluding carboxylic acids is 1. The predicted octanol–water partition coefficient (Wildman–Crippen LogP) is 5.15. The van der Waals surface area contributed by atoms with Crippen LogP contribution >= 0.6 is 0 Å². The summed E-state index contributed by atoms with van der Waals surface area (Å²) in [5.74, 6) is 0.602. The van der Waals surface area contributed by atoms with Crippen LogP contribution < -0.4 is 0 Å². The molecule has 5 heterocycles. The Morgan fingerprint density at radius 3 is 2.42 bits per heavy atom. The van der Waals surface area contributed by atoms with E-state index in [2.05, 4.69) is 41.4 Å². The Labute approximate surface area is 266 Å². The van der Waals surface area contributed by atoms with Gasteiger partial charge in [0.2, 0.25) is 0 Å². The SMILES string of the molecule is Cc1cncc2c1c(C[C@@H]1CCN(CC3CCN(C(O)C(C)(C)O)CC3)C1)cn2-c1ccc(F)cc1C(=O)N1[C@H](C)CC[C@@H]1C. The zero-order valence-electron chi connectivity index (χ0n) is 27.5. The number of benzene rings is 1. The normalized spacial score (nSPS) is 24.6. The monoisotopic (exact) mass is 619 g/mol. The molecule has 0 aliphatic carbocycles. The number of likely N-dealkylation sites (tertiary alicyclic amines) is 3. The van der Waals surface area contributed by atoms with Gasteiger partial charge in [0, 0.05) is 56.0 Å². The van der Waals surface area contributed by atoms with Gasteiger partial charge in [-0.1, -0.05) is 0 Å². The molecule has 3 saturated heterocycles. The molecular formula is C36H50FN5O3. The number of hydrogen-bond donors (Lipinski definition) is 2. The van der Waals surface area contributed by atoms with Gasteiger partial charge in [-0.15, -0.1) is 0 Å². The Balaban J connectivity index is 1.19. The Morgan fingerprint density at radius 1 is 1.04 bits per heavy atom. The van der Waals surface area contributed by atoms with E-state index in [1.54, 1.807) is 19.9 Å². The minimum absolute atomic E-state index is 0.113. The molecule has 3 aliphatic rings. The minimum Gasteiger partial charge on any atom is -0.386 e. The number of halogens is 1. The average molecular weight is 620 g/mol. The third kappa shape index (κ3) is 6.55. The van der Waals surface area contributed by atoms with Crippen molar-refractivity contribution in [2.45, 2.75) is 97.1 Å². The van der Waals surface area contributed by atoms with Crippen LogP contribution in [0.5, 0.6) is 0 Å². The largest absolute Gasteiger partial charge is 0.386 e. The number of pyridine rings is 1. The first kappa shape index (κ1) is 32.1. The summed E-state index contributed by atoms with van der Waals surface area (Å²) < 4.78 is 16.7. The number of rotatable bonds is 8. The number of hydrogen-bond acceptors (Lipinski definition) is 6. The molecule has 9 heteroatoms. The Hall–Kier alpha value is -2.85. The molecule has 0 spiro atoms. The lowest BCUT2D eigenvalue weighted by molar-refractivity contribution is -0.138. The van der Waals surface area contributed by atoms with Crippen LogP contribution in [-0.2, 0) is 6.42 Å². The third-order valence-electron chi connectivity index (χ3n) is 10.6. The summed E-state index contributed by atoms with van der Waals surface area (Å²) in [4.78, 5) is 24.9. The molecule has 4 atom stereocenters. The minimum atomic E-state index is -1.12. The standard InChI is InChI=1S/C36H50FN5O3/c1-23-18-38-19-32-33(23)28(16-27-10-13-39(21-27)20-26-11-14-40(15-12-26)35(44)36(4,5)45)22-41(32)31-9-8-29(37)17-30(31)34(43)42-24(2)6-7-25(42)3/h8-9,17-19,22,24-27,35,44-45H,6-7,10-16,20-21H2,1-5H3/t24-,25+,27-,35?/m0/s1. The van der Waals surface area contributed by atoms with Crippen molar-refractivity contribution in [3.05, 3.63) is 59.3 Å². The van der Waals surface area contributed by atoms with Crippen LogP contribution in [0, 0.1) is 24.6 Å². The maximum atomic E-state index is 14.6. The smallest absolute Gasteiger partial charge is 0.256 e. The summed E-state index contributed by atoms with van der Waals surface area (Å²) in [6.45, 7) is 14.4.